The molecule has 2 aliphatic heterocycles. The summed E-state index contributed by atoms with van der Waals surface area (Å²) in [6.07, 6.45) is 9.15. The van der Waals surface area contributed by atoms with Crippen molar-refractivity contribution < 1.29 is 14.2 Å². The number of amides is 1. The van der Waals surface area contributed by atoms with Crippen LogP contribution in [0.15, 0.2) is 41.5 Å². The minimum atomic E-state index is -0.626. The van der Waals surface area contributed by atoms with Crippen LogP contribution in [0, 0.1) is 5.92 Å². The van der Waals surface area contributed by atoms with E-state index in [9.17, 15) is 9.59 Å². The molecule has 0 saturated heterocycles. The van der Waals surface area contributed by atoms with Gasteiger partial charge < -0.3 is 0 Å². The van der Waals surface area contributed by atoms with Gasteiger partial charge in [-0.25, -0.2) is 4.79 Å². The number of hydrogen-bond donors (Lipinski definition) is 0. The van der Waals surface area contributed by atoms with Crippen molar-refractivity contribution in [3.63, 3.8) is 0 Å². The zero-order valence-corrected chi connectivity index (χ0v) is 12.5. The van der Waals surface area contributed by atoms with Gasteiger partial charge in [-0.3, -0.25) is 9.79 Å². The molecule has 1 amide bonds. The van der Waals surface area contributed by atoms with Gasteiger partial charge in [0.1, 0.15) is 17.8 Å². The third-order valence-electron chi connectivity index (χ3n) is 3.98. The molecular weight excluding hydrogens is 278 g/mol. The fourth-order valence-electron chi connectivity index (χ4n) is 2.86. The summed E-state index contributed by atoms with van der Waals surface area (Å²) in [6, 6.07) is 4.82. The van der Waals surface area contributed by atoms with E-state index in [-0.39, 0.29) is 11.7 Å². The van der Waals surface area contributed by atoms with Gasteiger partial charge in [-0.2, -0.15) is 4.58 Å². The van der Waals surface area contributed by atoms with E-state index in [4.69, 9.17) is 0 Å². The molecule has 0 unspecified atom stereocenters. The fraction of sp³-hybridized carbons (Fsp3) is 0.353. The smallest absolute Gasteiger partial charge is 0.296 e. The molecule has 3 rings (SSSR count). The lowest BCUT2D eigenvalue weighted by Crippen LogP contribution is -2.50. The van der Waals surface area contributed by atoms with E-state index in [2.05, 4.69) is 9.98 Å². The molecule has 0 N–H and O–H groups in total. The van der Waals surface area contributed by atoms with Gasteiger partial charge in [0.25, 0.3) is 0 Å². The number of allylic oxidation sites excluding steroid dienone is 1. The highest BCUT2D eigenvalue weighted by Gasteiger charge is 2.46. The zero-order chi connectivity index (χ0) is 15.5. The highest BCUT2D eigenvalue weighted by molar-refractivity contribution is 6.23. The molecule has 3 heterocycles. The van der Waals surface area contributed by atoms with E-state index >= 15 is 0 Å². The average molecular weight is 296 g/mol. The van der Waals surface area contributed by atoms with Crippen LogP contribution in [0.3, 0.4) is 0 Å². The van der Waals surface area contributed by atoms with Gasteiger partial charge in [-0.1, -0.05) is 25.8 Å². The second-order valence-electron chi connectivity index (χ2n) is 5.44. The van der Waals surface area contributed by atoms with Crippen molar-refractivity contribution >= 4 is 29.4 Å². The first-order chi connectivity index (χ1) is 10.7. The summed E-state index contributed by atoms with van der Waals surface area (Å²) >= 11 is 0. The summed E-state index contributed by atoms with van der Waals surface area (Å²) in [6.45, 7) is 2.05. The number of Topliss-reactive ketones (excluding diaryl/α,β-unsaturated/α-hetero) is 1. The van der Waals surface area contributed by atoms with E-state index in [1.54, 1.807) is 41.3 Å². The lowest BCUT2D eigenvalue weighted by Gasteiger charge is -2.26. The maximum absolute atomic E-state index is 12.9. The Labute approximate surface area is 129 Å². The maximum atomic E-state index is 12.9. The van der Waals surface area contributed by atoms with Gasteiger partial charge in [0.05, 0.1) is 0 Å². The number of pyridine rings is 1. The molecule has 2 aliphatic rings. The van der Waals surface area contributed by atoms with Crippen molar-refractivity contribution in [1.82, 2.24) is 4.98 Å². The van der Waals surface area contributed by atoms with Gasteiger partial charge in [0, 0.05) is 12.3 Å². The number of nitrogens with zero attached hydrogens (tertiary/aromatic N) is 3. The predicted octanol–water partition coefficient (Wildman–Crippen LogP) is 2.09. The molecule has 0 fully saturated rings. The Bertz CT molecular complexity index is 689. The third kappa shape index (κ3) is 2.43. The van der Waals surface area contributed by atoms with Gasteiger partial charge >= 0.3 is 11.7 Å². The third-order valence-corrected chi connectivity index (χ3v) is 3.98. The summed E-state index contributed by atoms with van der Waals surface area (Å²) in [5.74, 6) is -0.367. The lowest BCUT2D eigenvalue weighted by molar-refractivity contribution is -0.378. The van der Waals surface area contributed by atoms with E-state index in [1.807, 2.05) is 13.0 Å². The first-order valence-corrected chi connectivity index (χ1v) is 7.59. The highest BCUT2D eigenvalue weighted by atomic mass is 16.2. The Morgan fingerprint density at radius 1 is 1.27 bits per heavy atom. The number of rotatable bonds is 4. The molecular formula is C17H18N3O2+. The number of ketones is 1. The number of unbranched alkanes of at least 4 members (excludes halogenated alkanes) is 1. The molecule has 0 aliphatic carbocycles. The summed E-state index contributed by atoms with van der Waals surface area (Å²) in [4.78, 5) is 34.0. The number of carbonyl (C=O) groups excluding carboxylic acids is 2. The maximum Gasteiger partial charge on any atom is 0.330 e. The van der Waals surface area contributed by atoms with Crippen LogP contribution in [0.1, 0.15) is 26.2 Å². The number of fused-ring (bicyclic) bond motifs is 1. The van der Waals surface area contributed by atoms with Crippen LogP contribution >= 0.6 is 0 Å². The topological polar surface area (TPSA) is 62.4 Å². The van der Waals surface area contributed by atoms with E-state index in [1.165, 1.54) is 0 Å². The Kier molecular flexibility index (Phi) is 4.04. The normalized spacial score (nSPS) is 23.9. The molecule has 0 bridgehead atoms. The van der Waals surface area contributed by atoms with Crippen molar-refractivity contribution in [3.8, 4) is 0 Å². The Balaban J connectivity index is 2.10. The average Bonchev–Trinajstić information content (AvgIpc) is 2.56. The molecule has 1 aromatic heterocycles. The first kappa shape index (κ1) is 14.5. The fourth-order valence-corrected chi connectivity index (χ4v) is 2.86. The molecule has 5 nitrogen and oxygen atoms in total. The number of hydrogen-bond acceptors (Lipinski definition) is 4. The van der Waals surface area contributed by atoms with Crippen LogP contribution < -0.4 is 0 Å². The zero-order valence-electron chi connectivity index (χ0n) is 12.5. The van der Waals surface area contributed by atoms with Crippen LogP contribution in [0.2, 0.25) is 0 Å². The molecule has 112 valence electrons. The van der Waals surface area contributed by atoms with Gasteiger partial charge in [-0.05, 0) is 29.6 Å². The van der Waals surface area contributed by atoms with Crippen LogP contribution in [0.25, 0.3) is 0 Å². The van der Waals surface area contributed by atoms with Crippen molar-refractivity contribution in [2.45, 2.75) is 32.2 Å². The summed E-state index contributed by atoms with van der Waals surface area (Å²) in [7, 11) is 0. The van der Waals surface area contributed by atoms with Crippen LogP contribution in [0.5, 0.6) is 0 Å². The molecule has 0 aromatic carbocycles. The largest absolute Gasteiger partial charge is 0.330 e. The molecule has 0 radical (unpaired) electrons. The van der Waals surface area contributed by atoms with Gasteiger partial charge in [0.2, 0.25) is 0 Å². The van der Waals surface area contributed by atoms with Crippen molar-refractivity contribution in [3.05, 3.63) is 36.5 Å². The molecule has 0 saturated carbocycles. The first-order valence-electron chi connectivity index (χ1n) is 7.59. The summed E-state index contributed by atoms with van der Waals surface area (Å²) in [5.41, 5.74) is 0.601. The molecule has 0 spiro atoms. The van der Waals surface area contributed by atoms with Crippen LogP contribution in [-0.2, 0) is 9.59 Å². The van der Waals surface area contributed by atoms with E-state index in [0.29, 0.717) is 18.0 Å². The van der Waals surface area contributed by atoms with Gasteiger partial charge in [0.15, 0.2) is 11.8 Å². The molecule has 1 aromatic rings. The highest BCUT2D eigenvalue weighted by Crippen LogP contribution is 2.26. The van der Waals surface area contributed by atoms with Crippen LogP contribution in [-0.4, -0.2) is 39.2 Å². The Morgan fingerprint density at radius 3 is 2.86 bits per heavy atom. The second kappa shape index (κ2) is 6.13. The molecule has 2 atom stereocenters. The molecule has 22 heavy (non-hydrogen) atoms. The van der Waals surface area contributed by atoms with Crippen molar-refractivity contribution in [2.75, 3.05) is 0 Å². The predicted molar refractivity (Wildman–Crippen MR) is 83.6 cm³/mol. The second-order valence-corrected chi connectivity index (χ2v) is 5.44. The minimum Gasteiger partial charge on any atom is -0.296 e. The summed E-state index contributed by atoms with van der Waals surface area (Å²) in [5, 5.41) is 0. The van der Waals surface area contributed by atoms with Crippen LogP contribution in [0.4, 0.5) is 5.82 Å². The monoisotopic (exact) mass is 296 g/mol. The lowest BCUT2D eigenvalue weighted by atomic mass is 9.86. The SMILES string of the molecule is CCCC[C@@H]1C(=O)[C@H]2N=CC=CC2=[N+](c2ccccn2)C1=O. The number of aliphatic imine (C=N–C) groups is 1. The number of carbonyl (C=O) groups is 2. The van der Waals surface area contributed by atoms with Gasteiger partial charge in [-0.15, -0.1) is 0 Å². The number of dihydropyridines is 1. The Morgan fingerprint density at radius 2 is 2.14 bits per heavy atom. The van der Waals surface area contributed by atoms with Crippen molar-refractivity contribution in [2.24, 2.45) is 10.9 Å². The standard InChI is InChI=1S/C17H18N3O2/c1-2-3-7-12-16(21)15-13(8-6-11-19-15)20(17(12)22)14-9-4-5-10-18-14/h4-6,8-12,15H,2-3,7H2,1H3/q+1/t12-,15+/m1/s1. The molecule has 5 heteroatoms. The number of aromatic nitrogens is 1. The quantitative estimate of drug-likeness (QED) is 0.631. The Hall–Kier alpha value is -2.43. The van der Waals surface area contributed by atoms with Crippen molar-refractivity contribution in [1.29, 1.82) is 0 Å². The summed E-state index contributed by atoms with van der Waals surface area (Å²) < 4.78 is 1.55. The minimum absolute atomic E-state index is 0.0961. The van der Waals surface area contributed by atoms with E-state index in [0.717, 1.165) is 12.8 Å². The van der Waals surface area contributed by atoms with E-state index < -0.39 is 12.0 Å².